The molecule has 0 saturated heterocycles. The molecule has 2 atom stereocenters. The van der Waals surface area contributed by atoms with Crippen LogP contribution in [0.5, 0.6) is 0 Å². The van der Waals surface area contributed by atoms with Crippen molar-refractivity contribution < 1.29 is 9.90 Å². The second kappa shape index (κ2) is 3.73. The summed E-state index contributed by atoms with van der Waals surface area (Å²) in [5, 5.41) is 9.76. The van der Waals surface area contributed by atoms with Gasteiger partial charge < -0.3 is 9.67 Å². The second-order valence-electron chi connectivity index (χ2n) is 5.49. The third kappa shape index (κ3) is 1.74. The number of carbonyl (C=O) groups is 1. The Balaban J connectivity index is 1.85. The number of hydrogen-bond acceptors (Lipinski definition) is 2. The third-order valence-corrected chi connectivity index (χ3v) is 4.27. The van der Waals surface area contributed by atoms with Crippen molar-refractivity contribution in [2.75, 3.05) is 0 Å². The average molecular weight is 277 g/mol. The molecule has 4 rings (SSSR count). The van der Waals surface area contributed by atoms with Gasteiger partial charge in [0.1, 0.15) is 5.82 Å². The molecule has 4 nitrogen and oxygen atoms in total. The van der Waals surface area contributed by atoms with Gasteiger partial charge in [-0.3, -0.25) is 4.79 Å². The summed E-state index contributed by atoms with van der Waals surface area (Å²) in [4.78, 5) is 15.7. The fraction of sp³-hybridized carbons (Fsp3) is 0.429. The number of halogens is 1. The Labute approximate surface area is 115 Å². The monoisotopic (exact) mass is 276 g/mol. The van der Waals surface area contributed by atoms with Crippen molar-refractivity contribution in [3.05, 3.63) is 29.0 Å². The van der Waals surface area contributed by atoms with E-state index in [1.54, 1.807) is 0 Å². The minimum atomic E-state index is -0.711. The number of hydrogen-bond donors (Lipinski definition) is 1. The lowest BCUT2D eigenvalue weighted by molar-refractivity contribution is -0.138. The Bertz CT molecular complexity index is 690. The maximum Gasteiger partial charge on any atom is 0.307 e. The van der Waals surface area contributed by atoms with E-state index in [-0.39, 0.29) is 11.8 Å². The Morgan fingerprint density at radius 1 is 1.42 bits per heavy atom. The molecule has 2 aromatic rings. The van der Waals surface area contributed by atoms with Gasteiger partial charge in [-0.05, 0) is 37.5 Å². The molecule has 1 aromatic carbocycles. The van der Waals surface area contributed by atoms with Crippen molar-refractivity contribution >= 4 is 28.6 Å². The lowest BCUT2D eigenvalue weighted by Gasteiger charge is -2.06. The van der Waals surface area contributed by atoms with Crippen LogP contribution in [-0.4, -0.2) is 20.6 Å². The van der Waals surface area contributed by atoms with Gasteiger partial charge in [-0.2, -0.15) is 0 Å². The number of carboxylic acid groups (broad SMARTS) is 1. The summed E-state index contributed by atoms with van der Waals surface area (Å²) in [5.41, 5.74) is 1.96. The first-order chi connectivity index (χ1) is 9.15. The molecule has 98 valence electrons. The Kier molecular flexibility index (Phi) is 2.22. The predicted molar refractivity (Wildman–Crippen MR) is 71.5 cm³/mol. The Hall–Kier alpha value is -1.55. The van der Waals surface area contributed by atoms with E-state index in [4.69, 9.17) is 16.7 Å². The molecule has 0 bridgehead atoms. The fourth-order valence-electron chi connectivity index (χ4n) is 2.82. The van der Waals surface area contributed by atoms with Crippen molar-refractivity contribution in [2.24, 2.45) is 5.92 Å². The van der Waals surface area contributed by atoms with Gasteiger partial charge in [0, 0.05) is 17.0 Å². The summed E-state index contributed by atoms with van der Waals surface area (Å²) in [7, 11) is 0. The number of rotatable bonds is 3. The van der Waals surface area contributed by atoms with Gasteiger partial charge in [-0.15, -0.1) is 0 Å². The number of imidazole rings is 1. The first kappa shape index (κ1) is 11.3. The first-order valence-corrected chi connectivity index (χ1v) is 6.93. The molecule has 2 unspecified atom stereocenters. The molecule has 2 aliphatic rings. The quantitative estimate of drug-likeness (QED) is 0.936. The first-order valence-electron chi connectivity index (χ1n) is 6.55. The van der Waals surface area contributed by atoms with Crippen LogP contribution in [0.15, 0.2) is 18.2 Å². The number of aliphatic carboxylic acids is 1. The van der Waals surface area contributed by atoms with Gasteiger partial charge in [-0.25, -0.2) is 4.98 Å². The number of aromatic nitrogens is 2. The molecule has 2 aliphatic carbocycles. The zero-order valence-corrected chi connectivity index (χ0v) is 11.0. The largest absolute Gasteiger partial charge is 0.481 e. The molecular weight excluding hydrogens is 264 g/mol. The SMILES string of the molecule is O=C(O)C1CC1c1nc2cc(Cl)ccc2n1C1CC1. The van der Waals surface area contributed by atoms with Gasteiger partial charge in [0.2, 0.25) is 0 Å². The molecule has 0 spiro atoms. The summed E-state index contributed by atoms with van der Waals surface area (Å²) in [6, 6.07) is 6.22. The van der Waals surface area contributed by atoms with Crippen LogP contribution in [0.1, 0.15) is 37.0 Å². The minimum Gasteiger partial charge on any atom is -0.481 e. The van der Waals surface area contributed by atoms with Gasteiger partial charge in [0.05, 0.1) is 17.0 Å². The van der Waals surface area contributed by atoms with E-state index in [1.807, 2.05) is 18.2 Å². The fourth-order valence-corrected chi connectivity index (χ4v) is 2.99. The Morgan fingerprint density at radius 3 is 2.84 bits per heavy atom. The molecule has 0 radical (unpaired) electrons. The van der Waals surface area contributed by atoms with E-state index in [9.17, 15) is 4.79 Å². The Morgan fingerprint density at radius 2 is 2.21 bits per heavy atom. The predicted octanol–water partition coefficient (Wildman–Crippen LogP) is 3.21. The molecule has 5 heteroatoms. The average Bonchev–Trinajstić information content (AvgIpc) is 3.25. The highest BCUT2D eigenvalue weighted by Gasteiger charge is 2.48. The van der Waals surface area contributed by atoms with E-state index in [0.717, 1.165) is 29.7 Å². The van der Waals surface area contributed by atoms with E-state index in [1.165, 1.54) is 0 Å². The standard InChI is InChI=1S/C14H13ClN2O2/c15-7-1-4-12-11(5-7)16-13(17(12)8-2-3-8)9-6-10(9)14(18)19/h1,4-5,8-10H,2-3,6H2,(H,18,19). The maximum absolute atomic E-state index is 11.1. The normalized spacial score (nSPS) is 25.7. The topological polar surface area (TPSA) is 55.1 Å². The lowest BCUT2D eigenvalue weighted by Crippen LogP contribution is -2.04. The van der Waals surface area contributed by atoms with Crippen LogP contribution in [0.2, 0.25) is 5.02 Å². The summed E-state index contributed by atoms with van der Waals surface area (Å²) in [6.45, 7) is 0. The molecule has 0 amide bonds. The highest BCUT2D eigenvalue weighted by atomic mass is 35.5. The van der Waals surface area contributed by atoms with Crippen LogP contribution < -0.4 is 0 Å². The van der Waals surface area contributed by atoms with Crippen molar-refractivity contribution in [1.82, 2.24) is 9.55 Å². The molecule has 0 aliphatic heterocycles. The van der Waals surface area contributed by atoms with E-state index in [2.05, 4.69) is 9.55 Å². The highest BCUT2D eigenvalue weighted by Crippen LogP contribution is 2.50. The minimum absolute atomic E-state index is 0.0734. The van der Waals surface area contributed by atoms with Gasteiger partial charge in [-0.1, -0.05) is 11.6 Å². The number of benzene rings is 1. The molecule has 1 heterocycles. The molecular formula is C14H13ClN2O2. The zero-order chi connectivity index (χ0) is 13.1. The smallest absolute Gasteiger partial charge is 0.307 e. The van der Waals surface area contributed by atoms with Crippen LogP contribution in [0, 0.1) is 5.92 Å². The summed E-state index contributed by atoms with van der Waals surface area (Å²) < 4.78 is 2.24. The zero-order valence-electron chi connectivity index (χ0n) is 10.2. The van der Waals surface area contributed by atoms with Crippen molar-refractivity contribution in [3.63, 3.8) is 0 Å². The molecule has 1 N–H and O–H groups in total. The number of carboxylic acids is 1. The lowest BCUT2D eigenvalue weighted by atomic mass is 10.3. The van der Waals surface area contributed by atoms with Crippen molar-refractivity contribution in [3.8, 4) is 0 Å². The summed E-state index contributed by atoms with van der Waals surface area (Å²) in [6.07, 6.45) is 3.02. The van der Waals surface area contributed by atoms with Crippen LogP contribution in [0.25, 0.3) is 11.0 Å². The maximum atomic E-state index is 11.1. The second-order valence-corrected chi connectivity index (χ2v) is 5.93. The van der Waals surface area contributed by atoms with Gasteiger partial charge >= 0.3 is 5.97 Å². The van der Waals surface area contributed by atoms with Gasteiger partial charge in [0.25, 0.3) is 0 Å². The van der Waals surface area contributed by atoms with E-state index < -0.39 is 5.97 Å². The molecule has 1 aromatic heterocycles. The molecule has 2 saturated carbocycles. The van der Waals surface area contributed by atoms with Crippen LogP contribution in [-0.2, 0) is 4.79 Å². The van der Waals surface area contributed by atoms with Crippen molar-refractivity contribution in [1.29, 1.82) is 0 Å². The van der Waals surface area contributed by atoms with Crippen LogP contribution in [0.3, 0.4) is 0 Å². The van der Waals surface area contributed by atoms with Gasteiger partial charge in [0.15, 0.2) is 0 Å². The van der Waals surface area contributed by atoms with E-state index >= 15 is 0 Å². The third-order valence-electron chi connectivity index (χ3n) is 4.03. The van der Waals surface area contributed by atoms with Crippen LogP contribution in [0.4, 0.5) is 0 Å². The number of fused-ring (bicyclic) bond motifs is 1. The molecule has 2 fully saturated rings. The number of nitrogens with zero attached hydrogens (tertiary/aromatic N) is 2. The van der Waals surface area contributed by atoms with Crippen molar-refractivity contribution in [2.45, 2.75) is 31.2 Å². The summed E-state index contributed by atoms with van der Waals surface area (Å²) >= 11 is 6.01. The highest BCUT2D eigenvalue weighted by molar-refractivity contribution is 6.31. The molecule has 19 heavy (non-hydrogen) atoms. The van der Waals surface area contributed by atoms with Crippen LogP contribution >= 0.6 is 11.6 Å². The summed E-state index contributed by atoms with van der Waals surface area (Å²) in [5.74, 6) is 0.0404. The van der Waals surface area contributed by atoms with E-state index in [0.29, 0.717) is 17.5 Å².